The molecule has 5 nitrogen and oxygen atoms in total. The number of aromatic hydroxyl groups is 1. The van der Waals surface area contributed by atoms with Crippen molar-refractivity contribution in [2.75, 3.05) is 10.2 Å². The number of fused-ring (bicyclic) bond motifs is 1. The van der Waals surface area contributed by atoms with Crippen molar-refractivity contribution in [3.8, 4) is 5.75 Å². The van der Waals surface area contributed by atoms with Crippen LogP contribution >= 0.6 is 0 Å². The van der Waals surface area contributed by atoms with Crippen molar-refractivity contribution in [2.24, 2.45) is 0 Å². The number of para-hydroxylation sites is 1. The van der Waals surface area contributed by atoms with Crippen LogP contribution in [0.15, 0.2) is 97.1 Å². The van der Waals surface area contributed by atoms with E-state index in [9.17, 15) is 14.7 Å². The van der Waals surface area contributed by atoms with Gasteiger partial charge in [-0.2, -0.15) is 0 Å². The van der Waals surface area contributed by atoms with Gasteiger partial charge in [0.1, 0.15) is 5.75 Å². The summed E-state index contributed by atoms with van der Waals surface area (Å²) in [4.78, 5) is 27.5. The molecule has 5 heteroatoms. The van der Waals surface area contributed by atoms with Crippen LogP contribution in [0.25, 0.3) is 10.8 Å². The van der Waals surface area contributed by atoms with Gasteiger partial charge in [0.2, 0.25) is 0 Å². The number of anilines is 2. The molecule has 0 aliphatic rings. The summed E-state index contributed by atoms with van der Waals surface area (Å²) in [6.45, 7) is 0.271. The number of nitrogens with one attached hydrogen (secondary N) is 1. The molecule has 0 unspecified atom stereocenters. The molecule has 4 rings (SSSR count). The van der Waals surface area contributed by atoms with Crippen molar-refractivity contribution in [3.05, 3.63) is 103 Å². The van der Waals surface area contributed by atoms with Gasteiger partial charge in [0.25, 0.3) is 0 Å². The van der Waals surface area contributed by atoms with Crippen molar-refractivity contribution < 1.29 is 14.7 Å². The molecule has 0 fully saturated rings. The van der Waals surface area contributed by atoms with Crippen LogP contribution in [0.4, 0.5) is 11.4 Å². The molecule has 0 heterocycles. The lowest BCUT2D eigenvalue weighted by molar-refractivity contribution is -0.134. The second-order valence-corrected chi connectivity index (χ2v) is 6.84. The number of rotatable bonds is 4. The monoisotopic (exact) mass is 396 g/mol. The molecule has 0 atom stereocenters. The number of phenols is 1. The number of hydrogen-bond donors (Lipinski definition) is 2. The van der Waals surface area contributed by atoms with Gasteiger partial charge in [0.15, 0.2) is 0 Å². The average molecular weight is 396 g/mol. The summed E-state index contributed by atoms with van der Waals surface area (Å²) < 4.78 is 0. The van der Waals surface area contributed by atoms with Gasteiger partial charge >= 0.3 is 11.8 Å². The third-order valence-electron chi connectivity index (χ3n) is 4.84. The van der Waals surface area contributed by atoms with Gasteiger partial charge in [0, 0.05) is 22.1 Å². The van der Waals surface area contributed by atoms with E-state index in [1.54, 1.807) is 48.5 Å². The summed E-state index contributed by atoms with van der Waals surface area (Å²) in [6, 6.07) is 28.9. The van der Waals surface area contributed by atoms with Crippen LogP contribution in [0, 0.1) is 0 Å². The molecule has 30 heavy (non-hydrogen) atoms. The zero-order valence-electron chi connectivity index (χ0n) is 16.2. The van der Waals surface area contributed by atoms with Gasteiger partial charge in [0.05, 0.1) is 6.54 Å². The van der Waals surface area contributed by atoms with Gasteiger partial charge in [-0.15, -0.1) is 0 Å². The van der Waals surface area contributed by atoms with Crippen LogP contribution in [0.1, 0.15) is 5.56 Å². The molecule has 0 aliphatic carbocycles. The Bertz CT molecular complexity index is 1190. The summed E-state index contributed by atoms with van der Waals surface area (Å²) in [6.07, 6.45) is 0. The first kappa shape index (κ1) is 19.2. The number of phenolic OH excluding ortho intramolecular Hbond substituents is 1. The van der Waals surface area contributed by atoms with E-state index in [0.717, 1.165) is 5.56 Å². The van der Waals surface area contributed by atoms with Crippen molar-refractivity contribution in [1.29, 1.82) is 0 Å². The number of amides is 2. The van der Waals surface area contributed by atoms with E-state index in [1.165, 1.54) is 4.90 Å². The maximum Gasteiger partial charge on any atom is 0.316 e. The normalized spacial score (nSPS) is 10.5. The van der Waals surface area contributed by atoms with E-state index < -0.39 is 11.8 Å². The summed E-state index contributed by atoms with van der Waals surface area (Å²) in [5, 5.41) is 14.0. The Labute approximate surface area is 174 Å². The highest BCUT2D eigenvalue weighted by Crippen LogP contribution is 2.30. The number of hydrogen-bond acceptors (Lipinski definition) is 3. The van der Waals surface area contributed by atoms with Crippen LogP contribution in [0.5, 0.6) is 5.75 Å². The van der Waals surface area contributed by atoms with E-state index >= 15 is 0 Å². The predicted octanol–water partition coefficient (Wildman–Crippen LogP) is 4.72. The summed E-state index contributed by atoms with van der Waals surface area (Å²) in [5.74, 6) is -1.29. The fraction of sp³-hybridized carbons (Fsp3) is 0.0400. The molecule has 4 aromatic carbocycles. The second kappa shape index (κ2) is 8.49. The van der Waals surface area contributed by atoms with E-state index in [4.69, 9.17) is 0 Å². The van der Waals surface area contributed by atoms with E-state index in [-0.39, 0.29) is 12.3 Å². The zero-order chi connectivity index (χ0) is 20.9. The minimum absolute atomic E-state index is 0.116. The smallest absolute Gasteiger partial charge is 0.316 e. The molecule has 2 N–H and O–H groups in total. The summed E-state index contributed by atoms with van der Waals surface area (Å²) in [7, 11) is 0. The second-order valence-electron chi connectivity index (χ2n) is 6.84. The van der Waals surface area contributed by atoms with Crippen molar-refractivity contribution in [2.45, 2.75) is 6.54 Å². The molecular weight excluding hydrogens is 376 g/mol. The van der Waals surface area contributed by atoms with Crippen molar-refractivity contribution in [3.63, 3.8) is 0 Å². The predicted molar refractivity (Wildman–Crippen MR) is 118 cm³/mol. The Morgan fingerprint density at radius 2 is 1.37 bits per heavy atom. The van der Waals surface area contributed by atoms with Crippen molar-refractivity contribution in [1.82, 2.24) is 0 Å². The minimum atomic E-state index is -0.745. The Morgan fingerprint density at radius 3 is 2.10 bits per heavy atom. The SMILES string of the molecule is O=C(Nc1cccc2c(O)cccc12)C(=O)N(Cc1ccccc1)c1ccccc1. The largest absolute Gasteiger partial charge is 0.507 e. The highest BCUT2D eigenvalue weighted by molar-refractivity contribution is 6.44. The van der Waals surface area contributed by atoms with Gasteiger partial charge in [-0.25, -0.2) is 0 Å². The molecule has 0 saturated carbocycles. The lowest BCUT2D eigenvalue weighted by Gasteiger charge is -2.22. The zero-order valence-corrected chi connectivity index (χ0v) is 16.2. The first-order valence-electron chi connectivity index (χ1n) is 9.56. The third-order valence-corrected chi connectivity index (χ3v) is 4.84. The van der Waals surface area contributed by atoms with Crippen molar-refractivity contribution >= 4 is 34.0 Å². The molecule has 0 bridgehead atoms. The van der Waals surface area contributed by atoms with Crippen LogP contribution in [0.3, 0.4) is 0 Å². The van der Waals surface area contributed by atoms with Gasteiger partial charge in [-0.05, 0) is 29.8 Å². The fourth-order valence-corrected chi connectivity index (χ4v) is 3.36. The maximum absolute atomic E-state index is 13.1. The Balaban J connectivity index is 1.63. The van der Waals surface area contributed by atoms with Gasteiger partial charge in [-0.1, -0.05) is 72.8 Å². The van der Waals surface area contributed by atoms with E-state index in [0.29, 0.717) is 22.1 Å². The van der Waals surface area contributed by atoms with Crippen LogP contribution in [-0.2, 0) is 16.1 Å². The van der Waals surface area contributed by atoms with Crippen LogP contribution < -0.4 is 10.2 Å². The van der Waals surface area contributed by atoms with Crippen LogP contribution in [0.2, 0.25) is 0 Å². The maximum atomic E-state index is 13.1. The van der Waals surface area contributed by atoms with Gasteiger partial charge in [-0.3, -0.25) is 14.5 Å². The Hall–Kier alpha value is -4.12. The molecule has 0 saturated heterocycles. The molecule has 148 valence electrons. The first-order valence-corrected chi connectivity index (χ1v) is 9.56. The van der Waals surface area contributed by atoms with E-state index in [2.05, 4.69) is 5.32 Å². The topological polar surface area (TPSA) is 69.6 Å². The molecule has 0 aromatic heterocycles. The number of carbonyl (C=O) groups is 2. The molecule has 0 spiro atoms. The molecule has 0 aliphatic heterocycles. The molecule has 2 amide bonds. The van der Waals surface area contributed by atoms with Gasteiger partial charge < -0.3 is 10.4 Å². The Kier molecular flexibility index (Phi) is 5.44. The number of carbonyl (C=O) groups excluding carboxylic acids is 2. The third kappa shape index (κ3) is 4.00. The number of nitrogens with zero attached hydrogens (tertiary/aromatic N) is 1. The Morgan fingerprint density at radius 1 is 0.733 bits per heavy atom. The lowest BCUT2D eigenvalue weighted by atomic mass is 10.1. The van der Waals surface area contributed by atoms with Crippen LogP contribution in [-0.4, -0.2) is 16.9 Å². The fourth-order valence-electron chi connectivity index (χ4n) is 3.36. The first-order chi connectivity index (χ1) is 14.6. The highest BCUT2D eigenvalue weighted by atomic mass is 16.3. The highest BCUT2D eigenvalue weighted by Gasteiger charge is 2.24. The summed E-state index contributed by atoms with van der Waals surface area (Å²) in [5.41, 5.74) is 2.02. The summed E-state index contributed by atoms with van der Waals surface area (Å²) >= 11 is 0. The standard InChI is InChI=1S/C25H20N2O3/c28-23-16-8-13-20-21(23)14-7-15-22(20)26-24(29)25(30)27(19-11-5-2-6-12-19)17-18-9-3-1-4-10-18/h1-16,28H,17H2,(H,26,29). The minimum Gasteiger partial charge on any atom is -0.507 e. The van der Waals surface area contributed by atoms with E-state index in [1.807, 2.05) is 48.5 Å². The average Bonchev–Trinajstić information content (AvgIpc) is 2.79. The molecule has 4 aromatic rings. The molecule has 0 radical (unpaired) electrons. The quantitative estimate of drug-likeness (QED) is 0.491. The molecular formula is C25H20N2O3. The lowest BCUT2D eigenvalue weighted by Crippen LogP contribution is -2.39. The number of benzene rings is 4.